The maximum absolute atomic E-state index is 12.7. The molecule has 1 aliphatic heterocycles. The van der Waals surface area contributed by atoms with Crippen molar-refractivity contribution in [3.05, 3.63) is 59.9 Å². The molecule has 24 heavy (non-hydrogen) atoms. The van der Waals surface area contributed by atoms with E-state index in [1.807, 2.05) is 0 Å². The number of hydrogen-bond acceptors (Lipinski definition) is 3. The molecule has 3 rings (SSSR count). The van der Waals surface area contributed by atoms with Gasteiger partial charge in [0.15, 0.2) is 0 Å². The van der Waals surface area contributed by atoms with Crippen LogP contribution >= 0.6 is 0 Å². The molecule has 1 saturated heterocycles. The highest BCUT2D eigenvalue weighted by atomic mass is 32.2. The first kappa shape index (κ1) is 17.1. The first-order valence-electron chi connectivity index (χ1n) is 8.52. The Morgan fingerprint density at radius 2 is 2.04 bits per heavy atom. The fourth-order valence-corrected chi connectivity index (χ4v) is 4.90. The molecule has 5 heteroatoms. The second-order valence-electron chi connectivity index (χ2n) is 6.53. The summed E-state index contributed by atoms with van der Waals surface area (Å²) in [6.07, 6.45) is 7.11. The smallest absolute Gasteiger partial charge is 0.244 e. The molecule has 0 spiro atoms. The Bertz CT molecular complexity index is 775. The van der Waals surface area contributed by atoms with Crippen LogP contribution in [0, 0.1) is 12.8 Å². The summed E-state index contributed by atoms with van der Waals surface area (Å²) >= 11 is 0. The number of hydrogen-bond donors (Lipinski definition) is 0. The summed E-state index contributed by atoms with van der Waals surface area (Å²) in [6, 6.07) is 11.7. The van der Waals surface area contributed by atoms with E-state index in [1.165, 1.54) is 17.3 Å². The Labute approximate surface area is 144 Å². The zero-order chi connectivity index (χ0) is 17.0. The van der Waals surface area contributed by atoms with Crippen molar-refractivity contribution in [3.8, 4) is 0 Å². The molecular formula is C19H24N2O2S. The number of aryl methyl sites for hydroxylation is 2. The van der Waals surface area contributed by atoms with Gasteiger partial charge >= 0.3 is 0 Å². The van der Waals surface area contributed by atoms with Crippen molar-refractivity contribution in [2.75, 3.05) is 13.1 Å². The van der Waals surface area contributed by atoms with E-state index < -0.39 is 10.0 Å². The van der Waals surface area contributed by atoms with E-state index in [-0.39, 0.29) is 0 Å². The second-order valence-corrected chi connectivity index (χ2v) is 8.46. The number of sulfonamides is 1. The van der Waals surface area contributed by atoms with Gasteiger partial charge in [-0.05, 0) is 61.8 Å². The maximum Gasteiger partial charge on any atom is 0.244 e. The standard InChI is InChI=1S/C19H24N2O2S/c1-16-6-2-3-8-18(16)11-10-17-7-5-13-21(15-17)24(22,23)19-9-4-12-20-14-19/h2-4,6,8-9,12,14,17H,5,7,10-11,13,15H2,1H3. The highest BCUT2D eigenvalue weighted by Gasteiger charge is 2.30. The van der Waals surface area contributed by atoms with E-state index >= 15 is 0 Å². The fraction of sp³-hybridized carbons (Fsp3) is 0.421. The molecule has 1 aromatic carbocycles. The SMILES string of the molecule is Cc1ccccc1CCC1CCCN(S(=O)(=O)c2cccnc2)C1. The van der Waals surface area contributed by atoms with Crippen LogP contribution in [-0.4, -0.2) is 30.8 Å². The molecule has 0 N–H and O–H groups in total. The lowest BCUT2D eigenvalue weighted by Crippen LogP contribution is -2.40. The molecular weight excluding hydrogens is 320 g/mol. The minimum atomic E-state index is -3.42. The molecule has 1 aliphatic rings. The van der Waals surface area contributed by atoms with Crippen LogP contribution in [0.3, 0.4) is 0 Å². The first-order valence-corrected chi connectivity index (χ1v) is 9.96. The summed E-state index contributed by atoms with van der Waals surface area (Å²) in [4.78, 5) is 4.24. The summed E-state index contributed by atoms with van der Waals surface area (Å²) < 4.78 is 27.1. The van der Waals surface area contributed by atoms with Crippen LogP contribution in [0.2, 0.25) is 0 Å². The van der Waals surface area contributed by atoms with Gasteiger partial charge in [0.1, 0.15) is 4.90 Å². The van der Waals surface area contributed by atoms with Crippen LogP contribution in [0.1, 0.15) is 30.4 Å². The van der Waals surface area contributed by atoms with Crippen LogP contribution in [0.25, 0.3) is 0 Å². The fourth-order valence-electron chi connectivity index (χ4n) is 3.38. The van der Waals surface area contributed by atoms with E-state index in [0.717, 1.165) is 25.7 Å². The van der Waals surface area contributed by atoms with E-state index in [1.54, 1.807) is 22.6 Å². The zero-order valence-corrected chi connectivity index (χ0v) is 14.9. The van der Waals surface area contributed by atoms with Gasteiger partial charge in [0.2, 0.25) is 10.0 Å². The summed E-state index contributed by atoms with van der Waals surface area (Å²) in [5.74, 6) is 0.421. The summed E-state index contributed by atoms with van der Waals surface area (Å²) in [5.41, 5.74) is 2.68. The molecule has 2 heterocycles. The highest BCUT2D eigenvalue weighted by Crippen LogP contribution is 2.26. The van der Waals surface area contributed by atoms with Gasteiger partial charge in [-0.2, -0.15) is 4.31 Å². The van der Waals surface area contributed by atoms with Crippen molar-refractivity contribution < 1.29 is 8.42 Å². The number of benzene rings is 1. The van der Waals surface area contributed by atoms with Crippen molar-refractivity contribution in [2.45, 2.75) is 37.5 Å². The van der Waals surface area contributed by atoms with E-state index in [0.29, 0.717) is 23.9 Å². The van der Waals surface area contributed by atoms with Crippen molar-refractivity contribution in [1.82, 2.24) is 9.29 Å². The molecule has 1 aromatic heterocycles. The Kier molecular flexibility index (Phi) is 5.31. The Morgan fingerprint density at radius 1 is 1.21 bits per heavy atom. The molecule has 1 unspecified atom stereocenters. The van der Waals surface area contributed by atoms with E-state index in [9.17, 15) is 8.42 Å². The van der Waals surface area contributed by atoms with Crippen molar-refractivity contribution >= 4 is 10.0 Å². The molecule has 4 nitrogen and oxygen atoms in total. The normalized spacial score (nSPS) is 19.3. The predicted molar refractivity (Wildman–Crippen MR) is 95.2 cm³/mol. The number of piperidine rings is 1. The van der Waals surface area contributed by atoms with Gasteiger partial charge in [-0.25, -0.2) is 8.42 Å². The van der Waals surface area contributed by atoms with Crippen molar-refractivity contribution in [3.63, 3.8) is 0 Å². The number of aromatic nitrogens is 1. The number of nitrogens with zero attached hydrogens (tertiary/aromatic N) is 2. The number of pyridine rings is 1. The molecule has 0 radical (unpaired) electrons. The topological polar surface area (TPSA) is 50.3 Å². The highest BCUT2D eigenvalue weighted by molar-refractivity contribution is 7.89. The lowest BCUT2D eigenvalue weighted by molar-refractivity contribution is 0.256. The monoisotopic (exact) mass is 344 g/mol. The Balaban J connectivity index is 1.65. The van der Waals surface area contributed by atoms with Crippen molar-refractivity contribution in [2.24, 2.45) is 5.92 Å². The van der Waals surface area contributed by atoms with Gasteiger partial charge in [0.05, 0.1) is 0 Å². The van der Waals surface area contributed by atoms with Crippen LogP contribution in [0.4, 0.5) is 0 Å². The van der Waals surface area contributed by atoms with Gasteiger partial charge in [-0.3, -0.25) is 4.98 Å². The molecule has 0 amide bonds. The Morgan fingerprint density at radius 3 is 2.79 bits per heavy atom. The minimum absolute atomic E-state index is 0.296. The quantitative estimate of drug-likeness (QED) is 0.835. The summed E-state index contributed by atoms with van der Waals surface area (Å²) in [7, 11) is -3.42. The lowest BCUT2D eigenvalue weighted by Gasteiger charge is -2.32. The average molecular weight is 344 g/mol. The van der Waals surface area contributed by atoms with Gasteiger partial charge in [-0.15, -0.1) is 0 Å². The van der Waals surface area contributed by atoms with Gasteiger partial charge in [0, 0.05) is 25.5 Å². The second kappa shape index (κ2) is 7.45. The first-order chi connectivity index (χ1) is 11.6. The van der Waals surface area contributed by atoms with Gasteiger partial charge in [-0.1, -0.05) is 24.3 Å². The Hall–Kier alpha value is -1.72. The minimum Gasteiger partial charge on any atom is -0.263 e. The van der Waals surface area contributed by atoms with Crippen molar-refractivity contribution in [1.29, 1.82) is 0 Å². The molecule has 128 valence electrons. The molecule has 1 atom stereocenters. The predicted octanol–water partition coefficient (Wildman–Crippen LogP) is 3.42. The molecule has 1 fully saturated rings. The third kappa shape index (κ3) is 3.84. The largest absolute Gasteiger partial charge is 0.263 e. The average Bonchev–Trinajstić information content (AvgIpc) is 2.62. The van der Waals surface area contributed by atoms with E-state index in [2.05, 4.69) is 36.2 Å². The van der Waals surface area contributed by atoms with Gasteiger partial charge in [0.25, 0.3) is 0 Å². The third-order valence-corrected chi connectivity index (χ3v) is 6.69. The van der Waals surface area contributed by atoms with Crippen LogP contribution < -0.4 is 0 Å². The molecule has 0 saturated carbocycles. The maximum atomic E-state index is 12.7. The summed E-state index contributed by atoms with van der Waals surface area (Å²) in [6.45, 7) is 3.36. The van der Waals surface area contributed by atoms with Crippen LogP contribution in [0.5, 0.6) is 0 Å². The molecule has 0 aliphatic carbocycles. The molecule has 2 aromatic rings. The van der Waals surface area contributed by atoms with Crippen LogP contribution in [-0.2, 0) is 16.4 Å². The number of rotatable bonds is 5. The zero-order valence-electron chi connectivity index (χ0n) is 14.1. The van der Waals surface area contributed by atoms with E-state index in [4.69, 9.17) is 0 Å². The van der Waals surface area contributed by atoms with Crippen LogP contribution in [0.15, 0.2) is 53.7 Å². The molecule has 0 bridgehead atoms. The summed E-state index contributed by atoms with van der Waals surface area (Å²) in [5, 5.41) is 0. The third-order valence-electron chi connectivity index (χ3n) is 4.84. The lowest BCUT2D eigenvalue weighted by atomic mass is 9.91. The van der Waals surface area contributed by atoms with Gasteiger partial charge < -0.3 is 0 Å².